The van der Waals surface area contributed by atoms with Gasteiger partial charge in [0.25, 0.3) is 0 Å². The molecule has 8 nitrogen and oxygen atoms in total. The summed E-state index contributed by atoms with van der Waals surface area (Å²) in [5, 5.41) is 0. The summed E-state index contributed by atoms with van der Waals surface area (Å²) in [6.45, 7) is 7.28. The zero-order valence-electron chi connectivity index (χ0n) is 16.5. The van der Waals surface area contributed by atoms with Crippen LogP contribution in [0.1, 0.15) is 34.8 Å². The molecule has 0 bridgehead atoms. The van der Waals surface area contributed by atoms with Gasteiger partial charge in [-0.1, -0.05) is 12.1 Å². The van der Waals surface area contributed by atoms with E-state index in [-0.39, 0.29) is 11.9 Å². The molecule has 3 rings (SSSR count). The van der Waals surface area contributed by atoms with Crippen molar-refractivity contribution in [3.05, 3.63) is 52.4 Å². The van der Waals surface area contributed by atoms with Crippen LogP contribution in [0.5, 0.6) is 0 Å². The molecule has 3 heterocycles. The number of esters is 2. The van der Waals surface area contributed by atoms with E-state index in [1.165, 1.54) is 0 Å². The molecule has 0 aromatic carbocycles. The van der Waals surface area contributed by atoms with Gasteiger partial charge >= 0.3 is 11.9 Å². The van der Waals surface area contributed by atoms with Gasteiger partial charge in [0.1, 0.15) is 16.1 Å². The lowest BCUT2D eigenvalue weighted by Gasteiger charge is -2.27. The number of nitrogens with zero attached hydrogens (tertiary/aromatic N) is 3. The van der Waals surface area contributed by atoms with E-state index in [1.54, 1.807) is 38.1 Å². The Labute approximate surface area is 178 Å². The zero-order valence-corrected chi connectivity index (χ0v) is 18.1. The lowest BCUT2D eigenvalue weighted by molar-refractivity contribution is 0.0510. The lowest BCUT2D eigenvalue weighted by Crippen LogP contribution is -2.36. The number of rotatable bonds is 5. The summed E-state index contributed by atoms with van der Waals surface area (Å²) >= 11 is 3.16. The maximum absolute atomic E-state index is 11.6. The monoisotopic (exact) mass is 465 g/mol. The van der Waals surface area contributed by atoms with Gasteiger partial charge in [0, 0.05) is 13.1 Å². The highest BCUT2D eigenvalue weighted by atomic mass is 79.9. The summed E-state index contributed by atoms with van der Waals surface area (Å²) in [6.07, 6.45) is 0. The summed E-state index contributed by atoms with van der Waals surface area (Å²) in [4.78, 5) is 33.0. The Hall–Kier alpha value is -2.52. The van der Waals surface area contributed by atoms with Crippen LogP contribution in [0.2, 0.25) is 0 Å². The molecular weight excluding hydrogens is 442 g/mol. The van der Waals surface area contributed by atoms with Crippen molar-refractivity contribution in [3.8, 4) is 0 Å². The second kappa shape index (κ2) is 12.1. The van der Waals surface area contributed by atoms with Crippen LogP contribution in [0.25, 0.3) is 0 Å². The van der Waals surface area contributed by atoms with Gasteiger partial charge in [0.15, 0.2) is 5.69 Å². The van der Waals surface area contributed by atoms with Crippen molar-refractivity contribution in [2.75, 3.05) is 44.4 Å². The third kappa shape index (κ3) is 7.43. The van der Waals surface area contributed by atoms with Gasteiger partial charge in [0.2, 0.25) is 0 Å². The van der Waals surface area contributed by atoms with Crippen LogP contribution in [0.15, 0.2) is 41.0 Å². The first-order valence-corrected chi connectivity index (χ1v) is 10.1. The van der Waals surface area contributed by atoms with Crippen LogP contribution in [0.4, 0.5) is 5.82 Å². The number of halogens is 1. The Morgan fingerprint density at radius 2 is 1.52 bits per heavy atom. The number of morpholine rings is 1. The van der Waals surface area contributed by atoms with E-state index < -0.39 is 0 Å². The molecular formula is C20H24BrN3O5. The third-order valence-electron chi connectivity index (χ3n) is 3.75. The number of ether oxygens (including phenoxy) is 3. The fourth-order valence-corrected chi connectivity index (χ4v) is 2.78. The SMILES string of the molecule is CCOC(=O)c1cccc(Br)n1.CCOC(=O)c1cccc(N2CCOCC2)n1. The van der Waals surface area contributed by atoms with Gasteiger partial charge in [-0.2, -0.15) is 0 Å². The standard InChI is InChI=1S/C12H16N2O3.C8H8BrNO2/c1-2-17-12(15)10-4-3-5-11(13-10)14-6-8-16-9-7-14;1-2-12-8(11)6-4-3-5-7(9)10-6/h3-5H,2,6-9H2,1H3;3-5H,2H2,1H3. The first kappa shape index (κ1) is 22.8. The third-order valence-corrected chi connectivity index (χ3v) is 4.20. The molecule has 9 heteroatoms. The summed E-state index contributed by atoms with van der Waals surface area (Å²) < 4.78 is 15.6. The molecule has 2 aromatic heterocycles. The van der Waals surface area contributed by atoms with Crippen LogP contribution in [0, 0.1) is 0 Å². The predicted octanol–water partition coefficient (Wildman–Crippen LogP) is 3.12. The van der Waals surface area contributed by atoms with Gasteiger partial charge in [0.05, 0.1) is 26.4 Å². The molecule has 0 radical (unpaired) electrons. The molecule has 29 heavy (non-hydrogen) atoms. The van der Waals surface area contributed by atoms with Crippen LogP contribution in [-0.2, 0) is 14.2 Å². The Morgan fingerprint density at radius 3 is 2.07 bits per heavy atom. The average molecular weight is 466 g/mol. The topological polar surface area (TPSA) is 90.9 Å². The van der Waals surface area contributed by atoms with Gasteiger partial charge in [-0.05, 0) is 54.0 Å². The van der Waals surface area contributed by atoms with Crippen molar-refractivity contribution in [2.24, 2.45) is 0 Å². The van der Waals surface area contributed by atoms with Crippen molar-refractivity contribution in [1.82, 2.24) is 9.97 Å². The highest BCUT2D eigenvalue weighted by Crippen LogP contribution is 2.13. The van der Waals surface area contributed by atoms with E-state index in [1.807, 2.05) is 12.1 Å². The number of anilines is 1. The van der Waals surface area contributed by atoms with Crippen LogP contribution >= 0.6 is 15.9 Å². The zero-order chi connectivity index (χ0) is 21.1. The Morgan fingerprint density at radius 1 is 0.966 bits per heavy atom. The molecule has 1 aliphatic rings. The molecule has 1 fully saturated rings. The fraction of sp³-hybridized carbons (Fsp3) is 0.400. The maximum Gasteiger partial charge on any atom is 0.356 e. The molecule has 156 valence electrons. The quantitative estimate of drug-likeness (QED) is 0.491. The smallest absolute Gasteiger partial charge is 0.356 e. The molecule has 1 aliphatic heterocycles. The molecule has 1 saturated heterocycles. The lowest BCUT2D eigenvalue weighted by atomic mass is 10.3. The number of hydrogen-bond acceptors (Lipinski definition) is 8. The minimum Gasteiger partial charge on any atom is -0.461 e. The van der Waals surface area contributed by atoms with Crippen LogP contribution in [-0.4, -0.2) is 61.4 Å². The number of carbonyl (C=O) groups is 2. The summed E-state index contributed by atoms with van der Waals surface area (Å²) in [5.74, 6) is 0.0419. The highest BCUT2D eigenvalue weighted by Gasteiger charge is 2.15. The van der Waals surface area contributed by atoms with Crippen molar-refractivity contribution < 1.29 is 23.8 Å². The molecule has 0 atom stereocenters. The molecule has 0 saturated carbocycles. The van der Waals surface area contributed by atoms with Gasteiger partial charge < -0.3 is 19.1 Å². The minimum absolute atomic E-state index is 0.325. The van der Waals surface area contributed by atoms with E-state index in [4.69, 9.17) is 14.2 Å². The Kier molecular flexibility index (Phi) is 9.52. The van der Waals surface area contributed by atoms with Crippen molar-refractivity contribution >= 4 is 33.7 Å². The van der Waals surface area contributed by atoms with E-state index in [2.05, 4.69) is 30.8 Å². The molecule has 0 aliphatic carbocycles. The van der Waals surface area contributed by atoms with Gasteiger partial charge in [-0.25, -0.2) is 19.6 Å². The van der Waals surface area contributed by atoms with E-state index in [0.717, 1.165) is 18.9 Å². The Bertz CT molecular complexity index is 812. The summed E-state index contributed by atoms with van der Waals surface area (Å²) in [5.41, 5.74) is 0.682. The number of carbonyl (C=O) groups excluding carboxylic acids is 2. The molecule has 0 unspecified atom stereocenters. The highest BCUT2D eigenvalue weighted by molar-refractivity contribution is 9.10. The summed E-state index contributed by atoms with van der Waals surface area (Å²) in [7, 11) is 0. The molecule has 0 spiro atoms. The normalized spacial score (nSPS) is 13.1. The number of pyridine rings is 2. The molecule has 2 aromatic rings. The number of aromatic nitrogens is 2. The first-order chi connectivity index (χ1) is 14.0. The minimum atomic E-state index is -0.390. The van der Waals surface area contributed by atoms with Crippen molar-refractivity contribution in [1.29, 1.82) is 0 Å². The Balaban J connectivity index is 0.000000221. The largest absolute Gasteiger partial charge is 0.461 e. The predicted molar refractivity (Wildman–Crippen MR) is 111 cm³/mol. The second-order valence-electron chi connectivity index (χ2n) is 5.77. The van der Waals surface area contributed by atoms with E-state index in [0.29, 0.717) is 42.4 Å². The average Bonchev–Trinajstić information content (AvgIpc) is 2.75. The van der Waals surface area contributed by atoms with Crippen molar-refractivity contribution in [3.63, 3.8) is 0 Å². The second-order valence-corrected chi connectivity index (χ2v) is 6.58. The molecule has 0 N–H and O–H groups in total. The van der Waals surface area contributed by atoms with E-state index >= 15 is 0 Å². The van der Waals surface area contributed by atoms with Gasteiger partial charge in [-0.3, -0.25) is 0 Å². The van der Waals surface area contributed by atoms with Crippen LogP contribution in [0.3, 0.4) is 0 Å². The first-order valence-electron chi connectivity index (χ1n) is 9.31. The van der Waals surface area contributed by atoms with Crippen molar-refractivity contribution in [2.45, 2.75) is 13.8 Å². The van der Waals surface area contributed by atoms with Crippen LogP contribution < -0.4 is 4.90 Å². The maximum atomic E-state index is 11.6. The van der Waals surface area contributed by atoms with Gasteiger partial charge in [-0.15, -0.1) is 0 Å². The number of hydrogen-bond donors (Lipinski definition) is 0. The summed E-state index contributed by atoms with van der Waals surface area (Å²) in [6, 6.07) is 10.5. The van der Waals surface area contributed by atoms with E-state index in [9.17, 15) is 9.59 Å². The fourth-order valence-electron chi connectivity index (χ4n) is 2.44. The molecule has 0 amide bonds.